The van der Waals surface area contributed by atoms with Gasteiger partial charge in [-0.25, -0.2) is 0 Å². The Balaban J connectivity index is 1.98. The molecule has 1 fully saturated rings. The molecule has 6 nitrogen and oxygen atoms in total. The summed E-state index contributed by atoms with van der Waals surface area (Å²) in [6.07, 6.45) is 5.41. The van der Waals surface area contributed by atoms with E-state index in [0.29, 0.717) is 36.3 Å². The summed E-state index contributed by atoms with van der Waals surface area (Å²) in [5.41, 5.74) is 0.535. The molecule has 0 bridgehead atoms. The normalized spacial score (nSPS) is 16.6. The number of methoxy groups -OCH3 is 2. The maximum absolute atomic E-state index is 12.5. The number of hydrogen-bond donors (Lipinski definition) is 1. The zero-order valence-corrected chi connectivity index (χ0v) is 18.3. The van der Waals surface area contributed by atoms with Gasteiger partial charge in [0.05, 0.1) is 19.3 Å². The lowest BCUT2D eigenvalue weighted by atomic mass is 10.0. The van der Waals surface area contributed by atoms with Gasteiger partial charge in [0.1, 0.15) is 17.6 Å². The monoisotopic (exact) mass is 410 g/mol. The SMILES string of the molecule is COCCNC(=O)c1ccc(OC)cc1OC1CCN([C@H](C)CCSC)CC1. The molecule has 1 N–H and O–H groups in total. The molecule has 0 saturated carbocycles. The number of rotatable bonds is 11. The second kappa shape index (κ2) is 12.2. The van der Waals surface area contributed by atoms with Crippen LogP contribution >= 0.6 is 11.8 Å². The van der Waals surface area contributed by atoms with Gasteiger partial charge in [-0.3, -0.25) is 4.79 Å². The van der Waals surface area contributed by atoms with Crippen LogP contribution in [0.3, 0.4) is 0 Å². The zero-order chi connectivity index (χ0) is 20.4. The van der Waals surface area contributed by atoms with Crippen LogP contribution < -0.4 is 14.8 Å². The molecule has 0 spiro atoms. The van der Waals surface area contributed by atoms with Gasteiger partial charge < -0.3 is 24.4 Å². The van der Waals surface area contributed by atoms with E-state index >= 15 is 0 Å². The first-order valence-corrected chi connectivity index (χ1v) is 11.3. The van der Waals surface area contributed by atoms with E-state index in [0.717, 1.165) is 25.9 Å². The Morgan fingerprint density at radius 2 is 2.07 bits per heavy atom. The maximum Gasteiger partial charge on any atom is 0.255 e. The van der Waals surface area contributed by atoms with Crippen molar-refractivity contribution >= 4 is 17.7 Å². The fourth-order valence-corrected chi connectivity index (χ4v) is 3.94. The first-order valence-electron chi connectivity index (χ1n) is 9.93. The molecule has 0 unspecified atom stereocenters. The van der Waals surface area contributed by atoms with Crippen molar-refractivity contribution in [3.05, 3.63) is 23.8 Å². The van der Waals surface area contributed by atoms with E-state index in [9.17, 15) is 4.79 Å². The number of benzene rings is 1. The summed E-state index contributed by atoms with van der Waals surface area (Å²) >= 11 is 1.90. The molecule has 0 aromatic heterocycles. The predicted molar refractivity (Wildman–Crippen MR) is 115 cm³/mol. The number of ether oxygens (including phenoxy) is 3. The van der Waals surface area contributed by atoms with Crippen molar-refractivity contribution in [3.8, 4) is 11.5 Å². The number of carbonyl (C=O) groups is 1. The minimum Gasteiger partial charge on any atom is -0.497 e. The molecular weight excluding hydrogens is 376 g/mol. The first-order chi connectivity index (χ1) is 13.6. The molecule has 158 valence electrons. The topological polar surface area (TPSA) is 60.0 Å². The molecule has 1 aliphatic heterocycles. The average Bonchev–Trinajstić information content (AvgIpc) is 2.72. The summed E-state index contributed by atoms with van der Waals surface area (Å²) in [7, 11) is 3.23. The Hall–Kier alpha value is -1.44. The van der Waals surface area contributed by atoms with E-state index < -0.39 is 0 Å². The van der Waals surface area contributed by atoms with Gasteiger partial charge in [-0.2, -0.15) is 11.8 Å². The van der Waals surface area contributed by atoms with Crippen molar-refractivity contribution in [2.24, 2.45) is 0 Å². The number of nitrogens with zero attached hydrogens (tertiary/aromatic N) is 1. The van der Waals surface area contributed by atoms with E-state index in [1.54, 1.807) is 32.4 Å². The molecule has 1 aromatic rings. The van der Waals surface area contributed by atoms with E-state index in [-0.39, 0.29) is 12.0 Å². The van der Waals surface area contributed by atoms with E-state index in [1.165, 1.54) is 12.2 Å². The lowest BCUT2D eigenvalue weighted by Crippen LogP contribution is -2.43. The second-order valence-electron chi connectivity index (χ2n) is 7.09. The Bertz CT molecular complexity index is 606. The highest BCUT2D eigenvalue weighted by atomic mass is 32.2. The highest BCUT2D eigenvalue weighted by molar-refractivity contribution is 7.98. The number of hydrogen-bond acceptors (Lipinski definition) is 6. The highest BCUT2D eigenvalue weighted by Crippen LogP contribution is 2.28. The van der Waals surface area contributed by atoms with Gasteiger partial charge in [0.15, 0.2) is 0 Å². The molecule has 1 aromatic carbocycles. The number of thioether (sulfide) groups is 1. The van der Waals surface area contributed by atoms with Gasteiger partial charge in [0.2, 0.25) is 0 Å². The minimum atomic E-state index is -0.155. The molecule has 1 heterocycles. The summed E-state index contributed by atoms with van der Waals surface area (Å²) in [6.45, 7) is 5.30. The summed E-state index contributed by atoms with van der Waals surface area (Å²) in [5.74, 6) is 2.32. The summed E-state index contributed by atoms with van der Waals surface area (Å²) in [5, 5.41) is 2.86. The summed E-state index contributed by atoms with van der Waals surface area (Å²) in [4.78, 5) is 15.1. The molecule has 0 aliphatic carbocycles. The van der Waals surface area contributed by atoms with E-state index in [1.807, 2.05) is 11.8 Å². The Morgan fingerprint density at radius 3 is 2.71 bits per heavy atom. The van der Waals surface area contributed by atoms with Crippen LogP contribution in [0.1, 0.15) is 36.5 Å². The quantitative estimate of drug-likeness (QED) is 0.566. The standard InChI is InChI=1S/C21H34N2O4S/c1-16(9-14-28-4)23-11-7-17(8-12-23)27-20-15-18(26-3)5-6-19(20)21(24)22-10-13-25-2/h5-6,15-17H,7-14H2,1-4H3,(H,22,24)/t16-/m1/s1. The molecule has 7 heteroatoms. The number of carbonyl (C=O) groups excluding carboxylic acids is 1. The van der Waals surface area contributed by atoms with Crippen molar-refractivity contribution < 1.29 is 19.0 Å². The lowest BCUT2D eigenvalue weighted by molar-refractivity contribution is 0.0768. The van der Waals surface area contributed by atoms with Gasteiger partial charge in [0.25, 0.3) is 5.91 Å². The van der Waals surface area contributed by atoms with Gasteiger partial charge in [-0.05, 0) is 50.3 Å². The predicted octanol–water partition coefficient (Wildman–Crippen LogP) is 3.06. The third kappa shape index (κ3) is 6.87. The molecule has 28 heavy (non-hydrogen) atoms. The van der Waals surface area contributed by atoms with Crippen LogP contribution in [0.2, 0.25) is 0 Å². The van der Waals surface area contributed by atoms with Crippen LogP contribution in [0.4, 0.5) is 0 Å². The van der Waals surface area contributed by atoms with Crippen molar-refractivity contribution in [1.82, 2.24) is 10.2 Å². The van der Waals surface area contributed by atoms with Crippen LogP contribution in [0, 0.1) is 0 Å². The molecule has 1 amide bonds. The summed E-state index contributed by atoms with van der Waals surface area (Å²) < 4.78 is 16.6. The zero-order valence-electron chi connectivity index (χ0n) is 17.5. The van der Waals surface area contributed by atoms with Crippen LogP contribution in [-0.4, -0.2) is 75.4 Å². The number of nitrogens with one attached hydrogen (secondary N) is 1. The Morgan fingerprint density at radius 1 is 1.32 bits per heavy atom. The molecule has 1 saturated heterocycles. The van der Waals surface area contributed by atoms with Crippen LogP contribution in [-0.2, 0) is 4.74 Å². The largest absolute Gasteiger partial charge is 0.497 e. The van der Waals surface area contributed by atoms with Gasteiger partial charge in [0, 0.05) is 38.9 Å². The maximum atomic E-state index is 12.5. The van der Waals surface area contributed by atoms with Gasteiger partial charge >= 0.3 is 0 Å². The van der Waals surface area contributed by atoms with Gasteiger partial charge in [-0.1, -0.05) is 0 Å². The lowest BCUT2D eigenvalue weighted by Gasteiger charge is -2.36. The molecule has 1 atom stereocenters. The molecule has 2 rings (SSSR count). The van der Waals surface area contributed by atoms with Crippen molar-refractivity contribution in [1.29, 1.82) is 0 Å². The fourth-order valence-electron chi connectivity index (χ4n) is 3.36. The van der Waals surface area contributed by atoms with E-state index in [4.69, 9.17) is 14.2 Å². The van der Waals surface area contributed by atoms with Crippen LogP contribution in [0.15, 0.2) is 18.2 Å². The number of likely N-dealkylation sites (tertiary alicyclic amines) is 1. The van der Waals surface area contributed by atoms with Crippen molar-refractivity contribution in [2.75, 3.05) is 52.5 Å². The van der Waals surface area contributed by atoms with Crippen LogP contribution in [0.5, 0.6) is 11.5 Å². The van der Waals surface area contributed by atoms with E-state index in [2.05, 4.69) is 23.4 Å². The minimum absolute atomic E-state index is 0.113. The third-order valence-corrected chi connectivity index (χ3v) is 5.80. The summed E-state index contributed by atoms with van der Waals surface area (Å²) in [6, 6.07) is 5.95. The van der Waals surface area contributed by atoms with Crippen LogP contribution in [0.25, 0.3) is 0 Å². The highest BCUT2D eigenvalue weighted by Gasteiger charge is 2.25. The smallest absolute Gasteiger partial charge is 0.255 e. The third-order valence-electron chi connectivity index (χ3n) is 5.16. The Kier molecular flexibility index (Phi) is 9.95. The molecular formula is C21H34N2O4S. The second-order valence-corrected chi connectivity index (χ2v) is 8.08. The molecule has 0 radical (unpaired) electrons. The molecule has 1 aliphatic rings. The first kappa shape index (κ1) is 22.8. The number of amides is 1. The Labute approximate surface area is 173 Å². The fraction of sp³-hybridized carbons (Fsp3) is 0.667. The van der Waals surface area contributed by atoms with Gasteiger partial charge in [-0.15, -0.1) is 0 Å². The number of piperidine rings is 1. The van der Waals surface area contributed by atoms with Crippen molar-refractivity contribution in [3.63, 3.8) is 0 Å². The van der Waals surface area contributed by atoms with Crippen molar-refractivity contribution in [2.45, 2.75) is 38.3 Å². The average molecular weight is 411 g/mol.